The number of fused-ring (bicyclic) bond motifs is 1. The second kappa shape index (κ2) is 6.49. The number of amides is 1. The van der Waals surface area contributed by atoms with Gasteiger partial charge in [-0.2, -0.15) is 0 Å². The van der Waals surface area contributed by atoms with E-state index >= 15 is 0 Å². The Kier molecular flexibility index (Phi) is 4.84. The van der Waals surface area contributed by atoms with Crippen LogP contribution < -0.4 is 10.9 Å². The maximum atomic E-state index is 12.7. The summed E-state index contributed by atoms with van der Waals surface area (Å²) >= 11 is 0.978. The topological polar surface area (TPSA) is 101 Å². The van der Waals surface area contributed by atoms with E-state index in [1.807, 2.05) is 13.8 Å². The van der Waals surface area contributed by atoms with E-state index in [9.17, 15) is 19.5 Å². The fraction of sp³-hybridized carbons (Fsp3) is 0.467. The van der Waals surface area contributed by atoms with Gasteiger partial charge >= 0.3 is 5.97 Å². The van der Waals surface area contributed by atoms with Crippen molar-refractivity contribution in [1.82, 2.24) is 14.9 Å². The number of hydrogen-bond acceptors (Lipinski definition) is 5. The average Bonchev–Trinajstić information content (AvgIpc) is 2.80. The monoisotopic (exact) mass is 337 g/mol. The summed E-state index contributed by atoms with van der Waals surface area (Å²) in [7, 11) is 0. The molecule has 0 aliphatic carbocycles. The van der Waals surface area contributed by atoms with Crippen LogP contribution in [0.15, 0.2) is 4.79 Å². The van der Waals surface area contributed by atoms with E-state index in [1.165, 1.54) is 4.57 Å². The smallest absolute Gasteiger partial charge is 0.346 e. The quantitative estimate of drug-likeness (QED) is 0.864. The van der Waals surface area contributed by atoms with Gasteiger partial charge in [0, 0.05) is 6.04 Å². The summed E-state index contributed by atoms with van der Waals surface area (Å²) < 4.78 is 1.28. The number of thiophene rings is 1. The summed E-state index contributed by atoms with van der Waals surface area (Å²) in [6.45, 7) is 6.93. The molecule has 0 saturated heterocycles. The highest BCUT2D eigenvalue weighted by Gasteiger charge is 2.21. The number of aromatic nitrogens is 2. The number of rotatable bonds is 5. The van der Waals surface area contributed by atoms with Gasteiger partial charge in [-0.25, -0.2) is 9.78 Å². The van der Waals surface area contributed by atoms with Crippen LogP contribution in [0, 0.1) is 13.8 Å². The van der Waals surface area contributed by atoms with Gasteiger partial charge in [-0.05, 0) is 32.8 Å². The van der Waals surface area contributed by atoms with Gasteiger partial charge in [-0.1, -0.05) is 6.92 Å². The maximum absolute atomic E-state index is 12.7. The average molecular weight is 337 g/mol. The summed E-state index contributed by atoms with van der Waals surface area (Å²) in [5.74, 6) is -0.958. The number of aryl methyl sites for hydroxylation is 2. The lowest BCUT2D eigenvalue weighted by Gasteiger charge is -2.13. The molecule has 0 radical (unpaired) electrons. The molecule has 2 rings (SSSR count). The largest absolute Gasteiger partial charge is 0.477 e. The molecule has 2 N–H and O–H groups in total. The van der Waals surface area contributed by atoms with E-state index in [-0.39, 0.29) is 34.3 Å². The minimum absolute atomic E-state index is 0.0247. The van der Waals surface area contributed by atoms with Gasteiger partial charge in [0.15, 0.2) is 0 Å². The van der Waals surface area contributed by atoms with Gasteiger partial charge in [-0.15, -0.1) is 11.3 Å². The Bertz CT molecular complexity index is 837. The molecule has 2 aromatic rings. The molecule has 0 fully saturated rings. The van der Waals surface area contributed by atoms with Crippen LogP contribution in [0.5, 0.6) is 0 Å². The Hall–Kier alpha value is -2.22. The zero-order valence-electron chi connectivity index (χ0n) is 13.5. The first kappa shape index (κ1) is 17.1. The van der Waals surface area contributed by atoms with Crippen molar-refractivity contribution in [3.05, 3.63) is 26.6 Å². The van der Waals surface area contributed by atoms with Crippen molar-refractivity contribution in [1.29, 1.82) is 0 Å². The molecule has 2 heterocycles. The number of nitrogens with zero attached hydrogens (tertiary/aromatic N) is 2. The van der Waals surface area contributed by atoms with E-state index in [0.29, 0.717) is 16.2 Å². The molecular weight excluding hydrogens is 318 g/mol. The minimum atomic E-state index is -1.08. The lowest BCUT2D eigenvalue weighted by atomic mass is 10.2. The number of aromatic carboxylic acids is 1. The predicted octanol–water partition coefficient (Wildman–Crippen LogP) is 1.69. The van der Waals surface area contributed by atoms with Crippen molar-refractivity contribution in [3.63, 3.8) is 0 Å². The number of hydrogen-bond donors (Lipinski definition) is 2. The van der Waals surface area contributed by atoms with Crippen LogP contribution in [0.2, 0.25) is 0 Å². The van der Waals surface area contributed by atoms with E-state index in [0.717, 1.165) is 17.8 Å². The van der Waals surface area contributed by atoms with Crippen LogP contribution in [0.3, 0.4) is 0 Å². The second-order valence-corrected chi connectivity index (χ2v) is 6.47. The maximum Gasteiger partial charge on any atom is 0.346 e. The van der Waals surface area contributed by atoms with Crippen molar-refractivity contribution in [2.45, 2.75) is 46.7 Å². The summed E-state index contributed by atoms with van der Waals surface area (Å²) in [5, 5.41) is 12.3. The zero-order chi connectivity index (χ0) is 17.3. The van der Waals surface area contributed by atoms with Gasteiger partial charge in [0.1, 0.15) is 22.1 Å². The molecule has 0 aliphatic heterocycles. The predicted molar refractivity (Wildman–Crippen MR) is 88.2 cm³/mol. The lowest BCUT2D eigenvalue weighted by molar-refractivity contribution is -0.122. The van der Waals surface area contributed by atoms with Crippen LogP contribution in [-0.2, 0) is 11.3 Å². The molecule has 7 nitrogen and oxygen atoms in total. The molecular formula is C15H19N3O4S. The summed E-state index contributed by atoms with van der Waals surface area (Å²) in [6, 6.07) is 0.0247. The highest BCUT2D eigenvalue weighted by Crippen LogP contribution is 2.27. The van der Waals surface area contributed by atoms with Crippen molar-refractivity contribution in [2.24, 2.45) is 0 Å². The van der Waals surface area contributed by atoms with Gasteiger partial charge in [-0.3, -0.25) is 14.2 Å². The highest BCUT2D eigenvalue weighted by atomic mass is 32.1. The molecule has 8 heteroatoms. The Labute approximate surface area is 137 Å². The van der Waals surface area contributed by atoms with Gasteiger partial charge < -0.3 is 10.4 Å². The van der Waals surface area contributed by atoms with E-state index < -0.39 is 5.97 Å². The van der Waals surface area contributed by atoms with Crippen LogP contribution in [0.1, 0.15) is 41.3 Å². The Morgan fingerprint density at radius 1 is 1.39 bits per heavy atom. The van der Waals surface area contributed by atoms with E-state index in [1.54, 1.807) is 13.8 Å². The van der Waals surface area contributed by atoms with Gasteiger partial charge in [0.05, 0.1) is 5.39 Å². The molecule has 1 atom stereocenters. The number of nitrogens with one attached hydrogen (secondary N) is 1. The standard InChI is InChI=1S/C15H19N3O4S/c1-5-7(2)16-10(19)6-18-9(4)17-13-11(14(18)20)8(3)12(23-13)15(21)22/h7H,5-6H2,1-4H3,(H,16,19)(H,21,22). The van der Waals surface area contributed by atoms with Crippen molar-refractivity contribution < 1.29 is 14.7 Å². The third-order valence-corrected chi connectivity index (χ3v) is 4.93. The fourth-order valence-electron chi connectivity index (χ4n) is 2.27. The van der Waals surface area contributed by atoms with Crippen molar-refractivity contribution in [2.75, 3.05) is 0 Å². The normalized spacial score (nSPS) is 12.3. The van der Waals surface area contributed by atoms with Gasteiger partial charge in [0.2, 0.25) is 5.91 Å². The fourth-order valence-corrected chi connectivity index (χ4v) is 3.33. The summed E-state index contributed by atoms with van der Waals surface area (Å²) in [5.41, 5.74) is 0.0131. The Morgan fingerprint density at radius 2 is 2.04 bits per heavy atom. The SMILES string of the molecule is CCC(C)NC(=O)Cn1c(C)nc2sc(C(=O)O)c(C)c2c1=O. The van der Waals surface area contributed by atoms with E-state index in [2.05, 4.69) is 10.3 Å². The first-order chi connectivity index (χ1) is 10.8. The second-order valence-electron chi connectivity index (χ2n) is 5.47. The first-order valence-corrected chi connectivity index (χ1v) is 8.11. The Balaban J connectivity index is 2.49. The lowest BCUT2D eigenvalue weighted by Crippen LogP contribution is -2.38. The first-order valence-electron chi connectivity index (χ1n) is 7.29. The summed E-state index contributed by atoms with van der Waals surface area (Å²) in [6.07, 6.45) is 0.794. The minimum Gasteiger partial charge on any atom is -0.477 e. The number of carboxylic acid groups (broad SMARTS) is 1. The van der Waals surface area contributed by atoms with E-state index in [4.69, 9.17) is 0 Å². The number of carboxylic acids is 1. The third-order valence-electron chi connectivity index (χ3n) is 3.76. The Morgan fingerprint density at radius 3 is 2.61 bits per heavy atom. The third kappa shape index (κ3) is 3.26. The van der Waals surface area contributed by atoms with Crippen LogP contribution in [0.4, 0.5) is 0 Å². The molecule has 0 aromatic carbocycles. The molecule has 0 bridgehead atoms. The summed E-state index contributed by atoms with van der Waals surface area (Å²) in [4.78, 5) is 40.7. The number of carbonyl (C=O) groups excluding carboxylic acids is 1. The van der Waals surface area contributed by atoms with Crippen molar-refractivity contribution >= 4 is 33.4 Å². The van der Waals surface area contributed by atoms with Crippen LogP contribution in [-0.4, -0.2) is 32.6 Å². The molecule has 1 unspecified atom stereocenters. The molecule has 0 aliphatic rings. The van der Waals surface area contributed by atoms with Crippen LogP contribution in [0.25, 0.3) is 10.2 Å². The zero-order valence-corrected chi connectivity index (χ0v) is 14.3. The number of carbonyl (C=O) groups is 2. The van der Waals surface area contributed by atoms with Gasteiger partial charge in [0.25, 0.3) is 5.56 Å². The molecule has 1 amide bonds. The molecule has 124 valence electrons. The highest BCUT2D eigenvalue weighted by molar-refractivity contribution is 7.20. The molecule has 0 saturated carbocycles. The van der Waals surface area contributed by atoms with Crippen molar-refractivity contribution in [3.8, 4) is 0 Å². The van der Waals surface area contributed by atoms with Crippen LogP contribution >= 0.6 is 11.3 Å². The molecule has 2 aromatic heterocycles. The molecule has 0 spiro atoms. The molecule has 23 heavy (non-hydrogen) atoms.